The molecule has 0 heterocycles. The number of likely N-dealkylation sites (N-methyl/N-ethyl adjacent to an activating group) is 1. The van der Waals surface area contributed by atoms with E-state index >= 15 is 0 Å². The lowest BCUT2D eigenvalue weighted by molar-refractivity contribution is 0.235. The maximum atomic E-state index is 6.29. The van der Waals surface area contributed by atoms with E-state index in [0.717, 1.165) is 18.1 Å². The molecule has 1 nitrogen and oxygen atoms in total. The lowest BCUT2D eigenvalue weighted by Gasteiger charge is -2.43. The van der Waals surface area contributed by atoms with Crippen LogP contribution in [0.15, 0.2) is 18.2 Å². The van der Waals surface area contributed by atoms with Gasteiger partial charge < -0.3 is 5.32 Å². The van der Waals surface area contributed by atoms with Crippen LogP contribution in [-0.4, -0.2) is 13.1 Å². The molecule has 1 aromatic carbocycles. The minimum Gasteiger partial charge on any atom is -0.316 e. The Hall–Kier alpha value is -0.240. The summed E-state index contributed by atoms with van der Waals surface area (Å²) >= 11 is 12.2. The van der Waals surface area contributed by atoms with Gasteiger partial charge in [0.25, 0.3) is 0 Å². The molecule has 1 fully saturated rings. The molecule has 1 aliphatic rings. The minimum absolute atomic E-state index is 0.248. The van der Waals surface area contributed by atoms with Crippen molar-refractivity contribution in [3.63, 3.8) is 0 Å². The van der Waals surface area contributed by atoms with Gasteiger partial charge in [-0.3, -0.25) is 0 Å². The maximum Gasteiger partial charge on any atom is 0.0458 e. The van der Waals surface area contributed by atoms with E-state index in [2.05, 4.69) is 18.3 Å². The van der Waals surface area contributed by atoms with Crippen LogP contribution in [0.3, 0.4) is 0 Å². The predicted molar refractivity (Wildman–Crippen MR) is 70.5 cm³/mol. The van der Waals surface area contributed by atoms with Crippen molar-refractivity contribution in [3.05, 3.63) is 33.8 Å². The average Bonchev–Trinajstić information content (AvgIpc) is 2.19. The molecule has 3 heteroatoms. The fourth-order valence-electron chi connectivity index (χ4n) is 2.43. The molecule has 0 spiro atoms. The summed E-state index contributed by atoms with van der Waals surface area (Å²) in [6.45, 7) is 4.16. The summed E-state index contributed by atoms with van der Waals surface area (Å²) in [5.74, 6) is 0. The Kier molecular flexibility index (Phi) is 3.78. The number of nitrogens with one attached hydrogen (secondary N) is 1. The first-order valence-electron chi connectivity index (χ1n) is 5.84. The molecule has 0 saturated heterocycles. The topological polar surface area (TPSA) is 12.0 Å². The summed E-state index contributed by atoms with van der Waals surface area (Å²) in [6.07, 6.45) is 3.74. The number of halogens is 2. The Bertz CT molecular complexity index is 372. The molecule has 0 radical (unpaired) electrons. The largest absolute Gasteiger partial charge is 0.316 e. The van der Waals surface area contributed by atoms with Gasteiger partial charge in [-0.05, 0) is 37.1 Å². The number of hydrogen-bond acceptors (Lipinski definition) is 1. The van der Waals surface area contributed by atoms with Gasteiger partial charge in [-0.2, -0.15) is 0 Å². The average molecular weight is 258 g/mol. The van der Waals surface area contributed by atoms with Gasteiger partial charge in [0.1, 0.15) is 0 Å². The van der Waals surface area contributed by atoms with Crippen LogP contribution in [0.4, 0.5) is 0 Å². The third kappa shape index (κ3) is 2.22. The fraction of sp³-hybridized carbons (Fsp3) is 0.538. The molecular formula is C13H17Cl2N. The van der Waals surface area contributed by atoms with Gasteiger partial charge in [0.15, 0.2) is 0 Å². The van der Waals surface area contributed by atoms with Crippen molar-refractivity contribution in [1.82, 2.24) is 5.32 Å². The van der Waals surface area contributed by atoms with Crippen LogP contribution in [0.2, 0.25) is 10.0 Å². The van der Waals surface area contributed by atoms with Crippen LogP contribution in [-0.2, 0) is 5.41 Å². The Morgan fingerprint density at radius 1 is 1.31 bits per heavy atom. The van der Waals surface area contributed by atoms with Crippen molar-refractivity contribution in [2.45, 2.75) is 31.6 Å². The molecule has 1 aliphatic carbocycles. The molecule has 0 aromatic heterocycles. The van der Waals surface area contributed by atoms with Crippen LogP contribution >= 0.6 is 23.2 Å². The van der Waals surface area contributed by atoms with Crippen molar-refractivity contribution in [2.24, 2.45) is 0 Å². The number of benzene rings is 1. The second-order valence-electron chi connectivity index (χ2n) is 4.54. The highest BCUT2D eigenvalue weighted by Crippen LogP contribution is 2.46. The Labute approximate surface area is 107 Å². The molecule has 16 heavy (non-hydrogen) atoms. The van der Waals surface area contributed by atoms with Gasteiger partial charge in [0.2, 0.25) is 0 Å². The maximum absolute atomic E-state index is 6.29. The summed E-state index contributed by atoms with van der Waals surface area (Å²) in [6, 6.07) is 5.88. The molecular weight excluding hydrogens is 241 g/mol. The van der Waals surface area contributed by atoms with E-state index in [1.807, 2.05) is 12.1 Å². The smallest absolute Gasteiger partial charge is 0.0458 e. The van der Waals surface area contributed by atoms with Gasteiger partial charge in [-0.1, -0.05) is 42.6 Å². The highest BCUT2D eigenvalue weighted by atomic mass is 35.5. The zero-order valence-electron chi connectivity index (χ0n) is 9.52. The van der Waals surface area contributed by atoms with E-state index in [9.17, 15) is 0 Å². The standard InChI is InChI=1S/C13H17Cl2N/c1-2-16-9-13(6-3-7-13)11-5-4-10(14)8-12(11)15/h4-5,8,16H,2-3,6-7,9H2,1H3. The summed E-state index contributed by atoms with van der Waals surface area (Å²) in [5, 5.41) is 4.96. The van der Waals surface area contributed by atoms with Gasteiger partial charge in [0.05, 0.1) is 0 Å². The molecule has 1 aromatic rings. The first kappa shape index (κ1) is 12.2. The van der Waals surface area contributed by atoms with Crippen LogP contribution in [0.5, 0.6) is 0 Å². The quantitative estimate of drug-likeness (QED) is 0.859. The molecule has 1 N–H and O–H groups in total. The van der Waals surface area contributed by atoms with Crippen molar-refractivity contribution < 1.29 is 0 Å². The van der Waals surface area contributed by atoms with Gasteiger partial charge in [-0.25, -0.2) is 0 Å². The normalized spacial score (nSPS) is 18.2. The zero-order valence-corrected chi connectivity index (χ0v) is 11.0. The van der Waals surface area contributed by atoms with Gasteiger partial charge in [-0.15, -0.1) is 0 Å². The summed E-state index contributed by atoms with van der Waals surface area (Å²) in [7, 11) is 0. The Balaban J connectivity index is 2.26. The first-order valence-corrected chi connectivity index (χ1v) is 6.60. The molecule has 0 amide bonds. The second kappa shape index (κ2) is 4.95. The van der Waals surface area contributed by atoms with Crippen LogP contribution in [0, 0.1) is 0 Å². The van der Waals surface area contributed by atoms with Gasteiger partial charge >= 0.3 is 0 Å². The van der Waals surface area contributed by atoms with Crippen molar-refractivity contribution in [2.75, 3.05) is 13.1 Å². The minimum atomic E-state index is 0.248. The van der Waals surface area contributed by atoms with Crippen molar-refractivity contribution in [1.29, 1.82) is 0 Å². The first-order chi connectivity index (χ1) is 7.68. The molecule has 88 valence electrons. The Morgan fingerprint density at radius 2 is 2.06 bits per heavy atom. The van der Waals surface area contributed by atoms with E-state index in [1.165, 1.54) is 24.8 Å². The molecule has 0 unspecified atom stereocenters. The van der Waals surface area contributed by atoms with E-state index in [4.69, 9.17) is 23.2 Å². The lowest BCUT2D eigenvalue weighted by atomic mass is 9.64. The lowest BCUT2D eigenvalue weighted by Crippen LogP contribution is -2.44. The van der Waals surface area contributed by atoms with Crippen LogP contribution < -0.4 is 5.32 Å². The number of rotatable bonds is 4. The second-order valence-corrected chi connectivity index (χ2v) is 5.38. The van der Waals surface area contributed by atoms with Crippen LogP contribution in [0.1, 0.15) is 31.7 Å². The van der Waals surface area contributed by atoms with Crippen molar-refractivity contribution >= 4 is 23.2 Å². The third-order valence-corrected chi connectivity index (χ3v) is 4.07. The number of hydrogen-bond donors (Lipinski definition) is 1. The highest BCUT2D eigenvalue weighted by Gasteiger charge is 2.39. The van der Waals surface area contributed by atoms with Crippen LogP contribution in [0.25, 0.3) is 0 Å². The summed E-state index contributed by atoms with van der Waals surface area (Å²) in [4.78, 5) is 0. The van der Waals surface area contributed by atoms with E-state index in [0.29, 0.717) is 5.02 Å². The highest BCUT2D eigenvalue weighted by molar-refractivity contribution is 6.35. The van der Waals surface area contributed by atoms with E-state index in [1.54, 1.807) is 0 Å². The predicted octanol–water partition coefficient (Wildman–Crippen LogP) is 4.02. The zero-order chi connectivity index (χ0) is 11.6. The molecule has 0 atom stereocenters. The molecule has 0 aliphatic heterocycles. The molecule has 1 saturated carbocycles. The summed E-state index contributed by atoms with van der Waals surface area (Å²) < 4.78 is 0. The van der Waals surface area contributed by atoms with E-state index < -0.39 is 0 Å². The SMILES string of the molecule is CCNCC1(c2ccc(Cl)cc2Cl)CCC1. The molecule has 2 rings (SSSR count). The Morgan fingerprint density at radius 3 is 2.56 bits per heavy atom. The molecule has 0 bridgehead atoms. The summed E-state index contributed by atoms with van der Waals surface area (Å²) in [5.41, 5.74) is 1.50. The fourth-order valence-corrected chi connectivity index (χ4v) is 3.04. The van der Waals surface area contributed by atoms with Gasteiger partial charge in [0, 0.05) is 22.0 Å². The monoisotopic (exact) mass is 257 g/mol. The van der Waals surface area contributed by atoms with E-state index in [-0.39, 0.29) is 5.41 Å². The van der Waals surface area contributed by atoms with Crippen molar-refractivity contribution in [3.8, 4) is 0 Å². The third-order valence-electron chi connectivity index (χ3n) is 3.53.